The van der Waals surface area contributed by atoms with E-state index < -0.39 is 17.7 Å². The molecular formula is C23H26N2O4. The summed E-state index contributed by atoms with van der Waals surface area (Å²) in [4.78, 5) is 31.3. The number of hydrogen-bond acceptors (Lipinski definition) is 5. The Labute approximate surface area is 170 Å². The second-order valence-corrected chi connectivity index (χ2v) is 7.16. The summed E-state index contributed by atoms with van der Waals surface area (Å²) in [5.74, 6) is -0.736. The van der Waals surface area contributed by atoms with Crippen molar-refractivity contribution < 1.29 is 19.4 Å². The van der Waals surface area contributed by atoms with Crippen molar-refractivity contribution in [3.63, 3.8) is 0 Å². The number of amides is 1. The standard InChI is InChI=1S/C23H26N2O4/c1-4-5-6-13-25-20(16-9-11-24-12-10-16)19(22(27)23(25)28)21(26)18-8-7-17(29-3)14-15(18)2/h7-12,14,20,26H,4-6,13H2,1-3H3/b21-19-. The second-order valence-electron chi connectivity index (χ2n) is 7.16. The lowest BCUT2D eigenvalue weighted by Gasteiger charge is -2.25. The fourth-order valence-corrected chi connectivity index (χ4v) is 3.71. The molecule has 1 aliphatic heterocycles. The highest BCUT2D eigenvalue weighted by Gasteiger charge is 2.45. The minimum Gasteiger partial charge on any atom is -0.507 e. The maximum Gasteiger partial charge on any atom is 0.295 e. The van der Waals surface area contributed by atoms with Crippen molar-refractivity contribution >= 4 is 17.4 Å². The molecule has 0 aliphatic carbocycles. The average Bonchev–Trinajstić information content (AvgIpc) is 2.99. The van der Waals surface area contributed by atoms with E-state index in [-0.39, 0.29) is 11.3 Å². The van der Waals surface area contributed by atoms with E-state index >= 15 is 0 Å². The quantitative estimate of drug-likeness (QED) is 0.332. The van der Waals surface area contributed by atoms with Crippen molar-refractivity contribution in [3.05, 3.63) is 65.0 Å². The van der Waals surface area contributed by atoms with E-state index in [1.54, 1.807) is 54.7 Å². The Balaban J connectivity index is 2.12. The van der Waals surface area contributed by atoms with Gasteiger partial charge in [0, 0.05) is 24.5 Å². The molecule has 1 aliphatic rings. The molecule has 0 saturated carbocycles. The Kier molecular flexibility index (Phi) is 6.32. The molecule has 6 heteroatoms. The van der Waals surface area contributed by atoms with Gasteiger partial charge in [-0.2, -0.15) is 0 Å². The Morgan fingerprint density at radius 1 is 1.17 bits per heavy atom. The molecule has 0 bridgehead atoms. The molecule has 1 N–H and O–H groups in total. The summed E-state index contributed by atoms with van der Waals surface area (Å²) in [7, 11) is 1.57. The third-order valence-corrected chi connectivity index (χ3v) is 5.25. The van der Waals surface area contributed by atoms with Crippen LogP contribution in [0.4, 0.5) is 0 Å². The first kappa shape index (κ1) is 20.6. The first-order valence-corrected chi connectivity index (χ1v) is 9.83. The van der Waals surface area contributed by atoms with Crippen LogP contribution in [-0.2, 0) is 9.59 Å². The number of ketones is 1. The molecule has 1 aromatic carbocycles. The normalized spacial score (nSPS) is 18.3. The number of rotatable bonds is 7. The Hall–Kier alpha value is -3.15. The molecule has 2 heterocycles. The van der Waals surface area contributed by atoms with Gasteiger partial charge in [0.05, 0.1) is 18.7 Å². The Morgan fingerprint density at radius 3 is 2.52 bits per heavy atom. The largest absolute Gasteiger partial charge is 0.507 e. The molecule has 0 radical (unpaired) electrons. The molecule has 29 heavy (non-hydrogen) atoms. The number of unbranched alkanes of at least 4 members (excludes halogenated alkanes) is 2. The summed E-state index contributed by atoms with van der Waals surface area (Å²) < 4.78 is 5.22. The first-order valence-electron chi connectivity index (χ1n) is 9.83. The first-order chi connectivity index (χ1) is 14.0. The van der Waals surface area contributed by atoms with Crippen molar-refractivity contribution in [2.45, 2.75) is 39.2 Å². The number of aliphatic hydroxyl groups excluding tert-OH is 1. The van der Waals surface area contributed by atoms with Crippen LogP contribution in [0, 0.1) is 6.92 Å². The number of aromatic nitrogens is 1. The lowest BCUT2D eigenvalue weighted by atomic mass is 9.94. The second kappa shape index (κ2) is 8.90. The number of benzene rings is 1. The van der Waals surface area contributed by atoms with Crippen LogP contribution < -0.4 is 4.74 Å². The van der Waals surface area contributed by atoms with Crippen LogP contribution >= 0.6 is 0 Å². The molecule has 6 nitrogen and oxygen atoms in total. The molecule has 1 amide bonds. The predicted octanol–water partition coefficient (Wildman–Crippen LogP) is 4.01. The molecular weight excluding hydrogens is 368 g/mol. The van der Waals surface area contributed by atoms with Crippen LogP contribution in [0.3, 0.4) is 0 Å². The van der Waals surface area contributed by atoms with Gasteiger partial charge >= 0.3 is 0 Å². The minimum atomic E-state index is -0.656. The maximum absolute atomic E-state index is 12.9. The topological polar surface area (TPSA) is 79.7 Å². The van der Waals surface area contributed by atoms with Crippen LogP contribution in [0.5, 0.6) is 5.75 Å². The lowest BCUT2D eigenvalue weighted by molar-refractivity contribution is -0.139. The van der Waals surface area contributed by atoms with Gasteiger partial charge in [-0.25, -0.2) is 0 Å². The van der Waals surface area contributed by atoms with E-state index in [1.165, 1.54) is 0 Å². The Bertz CT molecular complexity index is 937. The number of ether oxygens (including phenoxy) is 1. The van der Waals surface area contributed by atoms with Crippen LogP contribution in [0.1, 0.15) is 48.9 Å². The fourth-order valence-electron chi connectivity index (χ4n) is 3.71. The fraction of sp³-hybridized carbons (Fsp3) is 0.348. The van der Waals surface area contributed by atoms with Crippen molar-refractivity contribution in [2.24, 2.45) is 0 Å². The predicted molar refractivity (Wildman–Crippen MR) is 111 cm³/mol. The molecule has 1 aromatic heterocycles. The van der Waals surface area contributed by atoms with Gasteiger partial charge in [0.1, 0.15) is 11.5 Å². The number of Topliss-reactive ketones (excluding diaryl/α,β-unsaturated/α-hetero) is 1. The van der Waals surface area contributed by atoms with Gasteiger partial charge in [-0.15, -0.1) is 0 Å². The molecule has 0 spiro atoms. The van der Waals surface area contributed by atoms with E-state index in [1.807, 2.05) is 6.92 Å². The summed E-state index contributed by atoms with van der Waals surface area (Å²) in [6, 6.07) is 8.14. The van der Waals surface area contributed by atoms with Gasteiger partial charge in [-0.1, -0.05) is 19.8 Å². The summed E-state index contributed by atoms with van der Waals surface area (Å²) in [5.41, 5.74) is 2.14. The van der Waals surface area contributed by atoms with Gasteiger partial charge in [0.2, 0.25) is 0 Å². The highest BCUT2D eigenvalue weighted by atomic mass is 16.5. The SMILES string of the molecule is CCCCCN1C(=O)C(=O)/C(=C(\O)c2ccc(OC)cc2C)C1c1ccncc1. The van der Waals surface area contributed by atoms with Crippen LogP contribution in [0.2, 0.25) is 0 Å². The van der Waals surface area contributed by atoms with E-state index in [2.05, 4.69) is 11.9 Å². The van der Waals surface area contributed by atoms with E-state index in [4.69, 9.17) is 4.74 Å². The molecule has 2 aromatic rings. The zero-order chi connectivity index (χ0) is 21.0. The number of carbonyl (C=O) groups excluding carboxylic acids is 2. The maximum atomic E-state index is 12.9. The summed E-state index contributed by atoms with van der Waals surface area (Å²) in [5, 5.41) is 11.1. The van der Waals surface area contributed by atoms with Gasteiger partial charge in [0.15, 0.2) is 0 Å². The van der Waals surface area contributed by atoms with Gasteiger partial charge in [-0.3, -0.25) is 14.6 Å². The minimum absolute atomic E-state index is 0.117. The smallest absolute Gasteiger partial charge is 0.295 e. The van der Waals surface area contributed by atoms with E-state index in [0.29, 0.717) is 17.9 Å². The highest BCUT2D eigenvalue weighted by molar-refractivity contribution is 6.46. The van der Waals surface area contributed by atoms with Crippen molar-refractivity contribution in [1.82, 2.24) is 9.88 Å². The van der Waals surface area contributed by atoms with E-state index in [9.17, 15) is 14.7 Å². The molecule has 152 valence electrons. The Morgan fingerprint density at radius 2 is 1.90 bits per heavy atom. The summed E-state index contributed by atoms with van der Waals surface area (Å²) in [6.45, 7) is 4.38. The molecule has 1 saturated heterocycles. The molecule has 3 rings (SSSR count). The number of aryl methyl sites for hydroxylation is 1. The number of likely N-dealkylation sites (tertiary alicyclic amines) is 1. The third-order valence-electron chi connectivity index (χ3n) is 5.25. The van der Waals surface area contributed by atoms with Gasteiger partial charge < -0.3 is 14.7 Å². The van der Waals surface area contributed by atoms with Crippen LogP contribution in [-0.4, -0.2) is 40.3 Å². The van der Waals surface area contributed by atoms with Crippen molar-refractivity contribution in [2.75, 3.05) is 13.7 Å². The van der Waals surface area contributed by atoms with Crippen molar-refractivity contribution in [1.29, 1.82) is 0 Å². The van der Waals surface area contributed by atoms with Gasteiger partial charge in [0.25, 0.3) is 11.7 Å². The van der Waals surface area contributed by atoms with E-state index in [0.717, 1.165) is 30.4 Å². The van der Waals surface area contributed by atoms with Crippen molar-refractivity contribution in [3.8, 4) is 5.75 Å². The number of methoxy groups -OCH3 is 1. The monoisotopic (exact) mass is 394 g/mol. The average molecular weight is 394 g/mol. The summed E-state index contributed by atoms with van der Waals surface area (Å²) >= 11 is 0. The lowest BCUT2D eigenvalue weighted by Crippen LogP contribution is -2.30. The molecule has 1 unspecified atom stereocenters. The number of hydrogen-bond donors (Lipinski definition) is 1. The summed E-state index contributed by atoms with van der Waals surface area (Å²) in [6.07, 6.45) is 6.02. The van der Waals surface area contributed by atoms with Gasteiger partial charge in [-0.05, 0) is 54.8 Å². The number of pyridine rings is 1. The molecule has 1 atom stereocenters. The molecule has 1 fully saturated rings. The zero-order valence-electron chi connectivity index (χ0n) is 17.0. The number of carbonyl (C=O) groups is 2. The highest BCUT2D eigenvalue weighted by Crippen LogP contribution is 2.40. The number of nitrogens with zero attached hydrogens (tertiary/aromatic N) is 2. The zero-order valence-corrected chi connectivity index (χ0v) is 17.0. The number of aliphatic hydroxyl groups is 1. The third kappa shape index (κ3) is 4.01. The van der Waals surface area contributed by atoms with Crippen LogP contribution in [0.25, 0.3) is 5.76 Å². The van der Waals surface area contributed by atoms with Crippen LogP contribution in [0.15, 0.2) is 48.3 Å².